The van der Waals surface area contributed by atoms with E-state index in [9.17, 15) is 9.59 Å². The van der Waals surface area contributed by atoms with Crippen LogP contribution in [-0.4, -0.2) is 25.5 Å². The average Bonchev–Trinajstić information content (AvgIpc) is 3.47. The van der Waals surface area contributed by atoms with Gasteiger partial charge >= 0.3 is 5.69 Å². The zero-order chi connectivity index (χ0) is 22.2. The standard InChI is InChI=1S/C23H18N4O3S2/c1-14-4-3-5-16(12-14)27-22(28)20-18(10-11-32-20)26(23(27)29)13-19-24-21(25-30-19)15-6-8-17(31-2)9-7-15/h3-12H,13H2,1-2H3. The Labute approximate surface area is 191 Å². The molecule has 2 aromatic carbocycles. The molecule has 0 atom stereocenters. The summed E-state index contributed by atoms with van der Waals surface area (Å²) in [6.07, 6.45) is 2.01. The molecule has 0 unspecified atom stereocenters. The third kappa shape index (κ3) is 3.59. The third-order valence-electron chi connectivity index (χ3n) is 5.12. The van der Waals surface area contributed by atoms with Gasteiger partial charge in [0.25, 0.3) is 5.56 Å². The van der Waals surface area contributed by atoms with Crippen LogP contribution in [0.5, 0.6) is 0 Å². The van der Waals surface area contributed by atoms with E-state index in [1.165, 1.54) is 20.5 Å². The molecule has 0 spiro atoms. The van der Waals surface area contributed by atoms with Gasteiger partial charge in [-0.2, -0.15) is 4.98 Å². The summed E-state index contributed by atoms with van der Waals surface area (Å²) in [5.74, 6) is 0.743. The molecule has 160 valence electrons. The Morgan fingerprint density at radius 1 is 1.09 bits per heavy atom. The smallest absolute Gasteiger partial charge is 0.336 e. The minimum atomic E-state index is -0.449. The third-order valence-corrected chi connectivity index (χ3v) is 6.76. The summed E-state index contributed by atoms with van der Waals surface area (Å²) in [7, 11) is 0. The van der Waals surface area contributed by atoms with Crippen molar-refractivity contribution in [2.45, 2.75) is 18.4 Å². The molecule has 0 saturated carbocycles. The fourth-order valence-electron chi connectivity index (χ4n) is 3.55. The fraction of sp³-hybridized carbons (Fsp3) is 0.130. The van der Waals surface area contributed by atoms with Crippen molar-refractivity contribution in [1.82, 2.24) is 19.3 Å². The largest absolute Gasteiger partial charge is 0.337 e. The molecular formula is C23H18N4O3S2. The van der Waals surface area contributed by atoms with Gasteiger partial charge in [-0.15, -0.1) is 23.1 Å². The van der Waals surface area contributed by atoms with E-state index in [2.05, 4.69) is 10.1 Å². The topological polar surface area (TPSA) is 82.9 Å². The first-order chi connectivity index (χ1) is 15.5. The fourth-order valence-corrected chi connectivity index (χ4v) is 4.78. The maximum absolute atomic E-state index is 13.4. The highest BCUT2D eigenvalue weighted by Gasteiger charge is 2.18. The van der Waals surface area contributed by atoms with Crippen molar-refractivity contribution in [1.29, 1.82) is 0 Å². The van der Waals surface area contributed by atoms with E-state index >= 15 is 0 Å². The van der Waals surface area contributed by atoms with Crippen LogP contribution in [0.1, 0.15) is 11.5 Å². The van der Waals surface area contributed by atoms with Crippen LogP contribution in [-0.2, 0) is 6.54 Å². The van der Waals surface area contributed by atoms with E-state index in [0.717, 1.165) is 16.0 Å². The first-order valence-corrected chi connectivity index (χ1v) is 11.9. The summed E-state index contributed by atoms with van der Waals surface area (Å²) in [6.45, 7) is 1.98. The number of fused-ring (bicyclic) bond motifs is 1. The quantitative estimate of drug-likeness (QED) is 0.361. The summed E-state index contributed by atoms with van der Waals surface area (Å²) in [5.41, 5.74) is 2.09. The van der Waals surface area contributed by atoms with Gasteiger partial charge in [0.2, 0.25) is 11.7 Å². The van der Waals surface area contributed by atoms with Gasteiger partial charge in [0.1, 0.15) is 11.2 Å². The maximum Gasteiger partial charge on any atom is 0.336 e. The summed E-state index contributed by atoms with van der Waals surface area (Å²) in [5, 5.41) is 5.87. The molecule has 0 aliphatic rings. The minimum absolute atomic E-state index is 0.0635. The molecule has 32 heavy (non-hydrogen) atoms. The lowest BCUT2D eigenvalue weighted by Crippen LogP contribution is -2.38. The monoisotopic (exact) mass is 462 g/mol. The normalized spacial score (nSPS) is 11.3. The zero-order valence-electron chi connectivity index (χ0n) is 17.3. The molecule has 5 aromatic rings. The van der Waals surface area contributed by atoms with Gasteiger partial charge in [-0.05, 0) is 66.6 Å². The molecule has 0 fully saturated rings. The molecule has 0 bridgehead atoms. The van der Waals surface area contributed by atoms with Crippen LogP contribution < -0.4 is 11.2 Å². The van der Waals surface area contributed by atoms with E-state index in [4.69, 9.17) is 4.52 Å². The Morgan fingerprint density at radius 3 is 2.66 bits per heavy atom. The van der Waals surface area contributed by atoms with Crippen molar-refractivity contribution in [3.63, 3.8) is 0 Å². The number of hydrogen-bond donors (Lipinski definition) is 0. The summed E-state index contributed by atoms with van der Waals surface area (Å²) in [4.78, 5) is 32.1. The number of aryl methyl sites for hydroxylation is 1. The number of rotatable bonds is 5. The van der Waals surface area contributed by atoms with Crippen molar-refractivity contribution >= 4 is 33.3 Å². The molecule has 5 rings (SSSR count). The minimum Gasteiger partial charge on any atom is -0.337 e. The number of hydrogen-bond acceptors (Lipinski definition) is 7. The van der Waals surface area contributed by atoms with E-state index in [0.29, 0.717) is 21.7 Å². The van der Waals surface area contributed by atoms with Gasteiger partial charge < -0.3 is 4.52 Å². The molecule has 9 heteroatoms. The van der Waals surface area contributed by atoms with E-state index in [1.807, 2.05) is 55.6 Å². The second-order valence-electron chi connectivity index (χ2n) is 7.22. The average molecular weight is 463 g/mol. The van der Waals surface area contributed by atoms with Crippen molar-refractivity contribution in [3.8, 4) is 17.1 Å². The Kier molecular flexibility index (Phi) is 5.28. The maximum atomic E-state index is 13.4. The Bertz CT molecular complexity index is 1540. The highest BCUT2D eigenvalue weighted by molar-refractivity contribution is 7.98. The van der Waals surface area contributed by atoms with E-state index in [-0.39, 0.29) is 18.0 Å². The number of nitrogens with zero attached hydrogens (tertiary/aromatic N) is 4. The first kappa shape index (κ1) is 20.5. The Hall–Kier alpha value is -3.43. The number of thioether (sulfide) groups is 1. The molecular weight excluding hydrogens is 444 g/mol. The predicted molar refractivity (Wildman–Crippen MR) is 127 cm³/mol. The highest BCUT2D eigenvalue weighted by atomic mass is 32.2. The van der Waals surface area contributed by atoms with Crippen LogP contribution in [0.25, 0.3) is 27.3 Å². The molecule has 3 aromatic heterocycles. The molecule has 0 amide bonds. The van der Waals surface area contributed by atoms with E-state index < -0.39 is 5.69 Å². The van der Waals surface area contributed by atoms with Crippen LogP contribution in [0.2, 0.25) is 0 Å². The van der Waals surface area contributed by atoms with Crippen molar-refractivity contribution in [3.05, 3.63) is 92.3 Å². The molecule has 0 aliphatic heterocycles. The van der Waals surface area contributed by atoms with Gasteiger partial charge in [0.05, 0.1) is 11.2 Å². The lowest BCUT2D eigenvalue weighted by Gasteiger charge is -2.11. The highest BCUT2D eigenvalue weighted by Crippen LogP contribution is 2.22. The van der Waals surface area contributed by atoms with Gasteiger partial charge in [-0.1, -0.05) is 17.3 Å². The lowest BCUT2D eigenvalue weighted by atomic mass is 10.2. The van der Waals surface area contributed by atoms with Crippen LogP contribution >= 0.6 is 23.1 Å². The van der Waals surface area contributed by atoms with Crippen molar-refractivity contribution < 1.29 is 4.52 Å². The first-order valence-electron chi connectivity index (χ1n) is 9.82. The van der Waals surface area contributed by atoms with E-state index in [1.54, 1.807) is 29.3 Å². The van der Waals surface area contributed by atoms with Gasteiger partial charge in [0.15, 0.2) is 0 Å². The summed E-state index contributed by atoms with van der Waals surface area (Å²) >= 11 is 2.96. The molecule has 0 N–H and O–H groups in total. The van der Waals surface area contributed by atoms with Gasteiger partial charge in [-0.25, -0.2) is 9.36 Å². The second-order valence-corrected chi connectivity index (χ2v) is 9.02. The number of thiophene rings is 1. The van der Waals surface area contributed by atoms with Crippen LogP contribution in [0.3, 0.4) is 0 Å². The summed E-state index contributed by atoms with van der Waals surface area (Å²) < 4.78 is 8.65. The molecule has 0 saturated heterocycles. The Balaban J connectivity index is 1.59. The SMILES string of the molecule is CSc1ccc(-c2noc(Cn3c(=O)n(-c4cccc(C)c4)c(=O)c4sccc43)n2)cc1. The number of benzene rings is 2. The Morgan fingerprint density at radius 2 is 1.91 bits per heavy atom. The zero-order valence-corrected chi connectivity index (χ0v) is 18.9. The lowest BCUT2D eigenvalue weighted by molar-refractivity contribution is 0.370. The second kappa shape index (κ2) is 8.25. The van der Waals surface area contributed by atoms with Crippen molar-refractivity contribution in [2.75, 3.05) is 6.26 Å². The van der Waals surface area contributed by atoms with Gasteiger partial charge in [0, 0.05) is 10.5 Å². The summed E-state index contributed by atoms with van der Waals surface area (Å²) in [6, 6.07) is 16.9. The molecule has 7 nitrogen and oxygen atoms in total. The molecule has 0 radical (unpaired) electrons. The predicted octanol–water partition coefficient (Wildman–Crippen LogP) is 4.34. The van der Waals surface area contributed by atoms with Crippen LogP contribution in [0.4, 0.5) is 0 Å². The molecule has 0 aliphatic carbocycles. The van der Waals surface area contributed by atoms with Crippen LogP contribution in [0, 0.1) is 6.92 Å². The van der Waals surface area contributed by atoms with Gasteiger partial charge in [-0.3, -0.25) is 9.36 Å². The van der Waals surface area contributed by atoms with Crippen molar-refractivity contribution in [2.24, 2.45) is 0 Å². The van der Waals surface area contributed by atoms with Crippen LogP contribution in [0.15, 0.2) is 79.0 Å². The number of aromatic nitrogens is 4. The molecule has 3 heterocycles.